The summed E-state index contributed by atoms with van der Waals surface area (Å²) in [5.74, 6) is -0.520. The number of phenolic OH excluding ortho intramolecular Hbond substituents is 1. The number of nitrogens with one attached hydrogen (secondary N) is 3. The third-order valence-corrected chi connectivity index (χ3v) is 4.68. The Kier molecular flexibility index (Phi) is 6.80. The van der Waals surface area contributed by atoms with Crippen LogP contribution in [0.4, 0.5) is 0 Å². The van der Waals surface area contributed by atoms with Crippen molar-refractivity contribution in [3.63, 3.8) is 0 Å². The molecule has 0 aromatic heterocycles. The highest BCUT2D eigenvalue weighted by atomic mass is 32.1. The highest BCUT2D eigenvalue weighted by molar-refractivity contribution is 7.80. The molecule has 0 spiro atoms. The van der Waals surface area contributed by atoms with Gasteiger partial charge in [-0.05, 0) is 48.1 Å². The normalized spacial score (nSPS) is 14.7. The van der Waals surface area contributed by atoms with Crippen molar-refractivity contribution < 1.29 is 14.6 Å². The first-order valence-corrected chi connectivity index (χ1v) is 9.40. The number of aromatic hydroxyl groups is 1. The highest BCUT2D eigenvalue weighted by Gasteiger charge is 2.13. The minimum Gasteiger partial charge on any atom is -0.507 e. The fraction of sp³-hybridized carbons (Fsp3) is 0.368. The zero-order chi connectivity index (χ0) is 19.1. The van der Waals surface area contributed by atoms with Gasteiger partial charge in [0.2, 0.25) is 0 Å². The Balaban J connectivity index is 1.42. The van der Waals surface area contributed by atoms with Gasteiger partial charge in [0.15, 0.2) is 5.11 Å². The maximum Gasteiger partial charge on any atom is 0.273 e. The molecule has 1 saturated heterocycles. The van der Waals surface area contributed by atoms with E-state index < -0.39 is 5.91 Å². The number of rotatable bonds is 5. The van der Waals surface area contributed by atoms with Gasteiger partial charge in [-0.15, -0.1) is 0 Å². The molecule has 8 heteroatoms. The molecule has 1 amide bonds. The van der Waals surface area contributed by atoms with E-state index in [-0.39, 0.29) is 11.3 Å². The number of fused-ring (bicyclic) bond motifs is 1. The summed E-state index contributed by atoms with van der Waals surface area (Å²) in [6.07, 6.45) is 0.946. The van der Waals surface area contributed by atoms with Crippen LogP contribution >= 0.6 is 12.2 Å². The molecule has 1 heterocycles. The molecule has 1 fully saturated rings. The number of hydrazine groups is 1. The van der Waals surface area contributed by atoms with E-state index in [9.17, 15) is 9.90 Å². The molecule has 1 aliphatic heterocycles. The van der Waals surface area contributed by atoms with Gasteiger partial charge >= 0.3 is 0 Å². The molecular formula is C19H24N4O3S. The lowest BCUT2D eigenvalue weighted by Crippen LogP contribution is -2.47. The van der Waals surface area contributed by atoms with Crippen molar-refractivity contribution >= 4 is 34.0 Å². The SMILES string of the molecule is O=C(NNC(=S)NCCCN1CCOCC1)c1cc2ccccc2cc1O. The first-order chi connectivity index (χ1) is 13.1. The van der Waals surface area contributed by atoms with E-state index in [1.807, 2.05) is 24.3 Å². The molecule has 0 aliphatic carbocycles. The number of thiocarbonyl (C=S) groups is 1. The monoisotopic (exact) mass is 388 g/mol. The van der Waals surface area contributed by atoms with Crippen LogP contribution in [-0.2, 0) is 4.74 Å². The standard InChI is InChI=1S/C19H24N4O3S/c24-17-13-15-5-2-1-4-14(15)12-16(17)18(25)21-22-19(27)20-6-3-7-23-8-10-26-11-9-23/h1-2,4-5,12-13,24H,3,6-11H2,(H,21,25)(H2,20,22,27). The Labute approximate surface area is 163 Å². The van der Waals surface area contributed by atoms with Crippen LogP contribution in [0.15, 0.2) is 36.4 Å². The summed E-state index contributed by atoms with van der Waals surface area (Å²) in [6, 6.07) is 10.8. The van der Waals surface area contributed by atoms with Crippen LogP contribution in [0.3, 0.4) is 0 Å². The Morgan fingerprint density at radius 2 is 1.85 bits per heavy atom. The van der Waals surface area contributed by atoms with E-state index in [1.165, 1.54) is 0 Å². The minimum atomic E-state index is -0.448. The molecule has 0 atom stereocenters. The fourth-order valence-corrected chi connectivity index (χ4v) is 3.12. The van der Waals surface area contributed by atoms with E-state index in [0.717, 1.165) is 50.0 Å². The molecule has 0 bridgehead atoms. The fourth-order valence-electron chi connectivity index (χ4n) is 2.96. The number of carbonyl (C=O) groups is 1. The zero-order valence-corrected chi connectivity index (χ0v) is 15.8. The number of nitrogens with zero attached hydrogens (tertiary/aromatic N) is 1. The second-order valence-corrected chi connectivity index (χ2v) is 6.77. The quantitative estimate of drug-likeness (QED) is 0.350. The predicted molar refractivity (Wildman–Crippen MR) is 109 cm³/mol. The van der Waals surface area contributed by atoms with Crippen molar-refractivity contribution in [2.24, 2.45) is 0 Å². The molecule has 27 heavy (non-hydrogen) atoms. The first-order valence-electron chi connectivity index (χ1n) is 8.99. The average molecular weight is 388 g/mol. The average Bonchev–Trinajstić information content (AvgIpc) is 2.69. The smallest absolute Gasteiger partial charge is 0.273 e. The second kappa shape index (κ2) is 9.50. The molecule has 3 rings (SSSR count). The number of hydrogen-bond acceptors (Lipinski definition) is 5. The maximum absolute atomic E-state index is 12.3. The Hall–Kier alpha value is -2.42. The molecule has 1 aliphatic rings. The molecule has 2 aromatic rings. The number of carbonyl (C=O) groups excluding carboxylic acids is 1. The van der Waals surface area contributed by atoms with Crippen molar-refractivity contribution in [2.45, 2.75) is 6.42 Å². The van der Waals surface area contributed by atoms with Crippen molar-refractivity contribution in [1.29, 1.82) is 0 Å². The highest BCUT2D eigenvalue weighted by Crippen LogP contribution is 2.24. The van der Waals surface area contributed by atoms with E-state index >= 15 is 0 Å². The predicted octanol–water partition coefficient (Wildman–Crippen LogP) is 1.38. The van der Waals surface area contributed by atoms with Gasteiger partial charge in [-0.25, -0.2) is 0 Å². The summed E-state index contributed by atoms with van der Waals surface area (Å²) in [5.41, 5.74) is 5.38. The van der Waals surface area contributed by atoms with E-state index in [2.05, 4.69) is 21.1 Å². The number of morpholine rings is 1. The number of hydrogen-bond donors (Lipinski definition) is 4. The maximum atomic E-state index is 12.3. The lowest BCUT2D eigenvalue weighted by atomic mass is 10.1. The van der Waals surface area contributed by atoms with Gasteiger partial charge in [-0.3, -0.25) is 20.5 Å². The first kappa shape index (κ1) is 19.3. The molecule has 7 nitrogen and oxygen atoms in total. The third-order valence-electron chi connectivity index (χ3n) is 4.44. The summed E-state index contributed by atoms with van der Waals surface area (Å²) >= 11 is 5.17. The van der Waals surface area contributed by atoms with Crippen LogP contribution in [0.25, 0.3) is 10.8 Å². The third kappa shape index (κ3) is 5.53. The van der Waals surface area contributed by atoms with E-state index in [1.54, 1.807) is 12.1 Å². The topological polar surface area (TPSA) is 85.9 Å². The number of ether oxygens (including phenoxy) is 1. The largest absolute Gasteiger partial charge is 0.507 e. The van der Waals surface area contributed by atoms with Gasteiger partial charge < -0.3 is 15.2 Å². The summed E-state index contributed by atoms with van der Waals surface area (Å²) < 4.78 is 5.32. The van der Waals surface area contributed by atoms with Crippen LogP contribution in [0, 0.1) is 0 Å². The lowest BCUT2D eigenvalue weighted by molar-refractivity contribution is 0.0376. The van der Waals surface area contributed by atoms with Crippen LogP contribution in [0.5, 0.6) is 5.75 Å². The Bertz CT molecular complexity index is 809. The van der Waals surface area contributed by atoms with Gasteiger partial charge in [0.05, 0.1) is 18.8 Å². The molecule has 0 radical (unpaired) electrons. The Morgan fingerprint density at radius 3 is 2.59 bits per heavy atom. The molecule has 2 aromatic carbocycles. The summed E-state index contributed by atoms with van der Waals surface area (Å²) in [4.78, 5) is 14.7. The van der Waals surface area contributed by atoms with Crippen LogP contribution in [0.2, 0.25) is 0 Å². The summed E-state index contributed by atoms with van der Waals surface area (Å²) in [7, 11) is 0. The van der Waals surface area contributed by atoms with Crippen molar-refractivity contribution in [3.8, 4) is 5.75 Å². The minimum absolute atomic E-state index is 0.0719. The van der Waals surface area contributed by atoms with Gasteiger partial charge in [-0.2, -0.15) is 0 Å². The van der Waals surface area contributed by atoms with Gasteiger partial charge in [0.1, 0.15) is 5.75 Å². The molecular weight excluding hydrogens is 364 g/mol. The van der Waals surface area contributed by atoms with Crippen molar-refractivity contribution in [1.82, 2.24) is 21.1 Å². The zero-order valence-electron chi connectivity index (χ0n) is 15.0. The number of benzene rings is 2. The van der Waals surface area contributed by atoms with E-state index in [4.69, 9.17) is 17.0 Å². The summed E-state index contributed by atoms with van der Waals surface area (Å²) in [5, 5.41) is 15.2. The number of phenols is 1. The van der Waals surface area contributed by atoms with Crippen LogP contribution < -0.4 is 16.2 Å². The van der Waals surface area contributed by atoms with Crippen LogP contribution in [0.1, 0.15) is 16.8 Å². The lowest BCUT2D eigenvalue weighted by Gasteiger charge is -2.26. The molecule has 0 saturated carbocycles. The van der Waals surface area contributed by atoms with E-state index in [0.29, 0.717) is 11.7 Å². The van der Waals surface area contributed by atoms with Crippen LogP contribution in [-0.4, -0.2) is 60.4 Å². The van der Waals surface area contributed by atoms with Gasteiger partial charge in [-0.1, -0.05) is 24.3 Å². The van der Waals surface area contributed by atoms with Gasteiger partial charge in [0, 0.05) is 19.6 Å². The van der Waals surface area contributed by atoms with Gasteiger partial charge in [0.25, 0.3) is 5.91 Å². The molecule has 4 N–H and O–H groups in total. The number of amides is 1. The van der Waals surface area contributed by atoms with Crippen molar-refractivity contribution in [2.75, 3.05) is 39.4 Å². The Morgan fingerprint density at radius 1 is 1.15 bits per heavy atom. The molecule has 0 unspecified atom stereocenters. The summed E-state index contributed by atoms with van der Waals surface area (Å²) in [6.45, 7) is 5.21. The van der Waals surface area contributed by atoms with Crippen molar-refractivity contribution in [3.05, 3.63) is 42.0 Å². The second-order valence-electron chi connectivity index (χ2n) is 6.36. The molecule has 144 valence electrons.